The van der Waals surface area contributed by atoms with E-state index in [1.165, 1.54) is 283 Å². The van der Waals surface area contributed by atoms with E-state index in [2.05, 4.69) is 27.7 Å². The van der Waals surface area contributed by atoms with E-state index < -0.39 is 23.9 Å². The summed E-state index contributed by atoms with van der Waals surface area (Å²) in [6.07, 6.45) is 67.7. The number of carboxylic acids is 4. The first-order valence-electron chi connectivity index (χ1n) is 31.9. The first-order chi connectivity index (χ1) is 35.1. The molecule has 9 heteroatoms. The number of carbonyl (C=O) groups excluding carboxylic acids is 4. The van der Waals surface area contributed by atoms with Gasteiger partial charge in [0.25, 0.3) is 0 Å². The van der Waals surface area contributed by atoms with Gasteiger partial charge in [-0.2, -0.15) is 0 Å². The normalized spacial score (nSPS) is 10.6. The zero-order chi connectivity index (χ0) is 53.9. The molecule has 73 heavy (non-hydrogen) atoms. The summed E-state index contributed by atoms with van der Waals surface area (Å²) in [7, 11) is 0. The summed E-state index contributed by atoms with van der Waals surface area (Å²) in [5.41, 5.74) is 0. The zero-order valence-corrected chi connectivity index (χ0v) is 52.2. The number of hydrogen-bond donors (Lipinski definition) is 0. The number of hydrogen-bond acceptors (Lipinski definition) is 8. The van der Waals surface area contributed by atoms with E-state index >= 15 is 0 Å². The number of rotatable bonds is 56. The number of unbranched alkanes of at least 4 members (excludes halogenated alkanes) is 48. The largest absolute Gasteiger partial charge is 4.00 e. The summed E-state index contributed by atoms with van der Waals surface area (Å²) in [6, 6.07) is 0. The van der Waals surface area contributed by atoms with Gasteiger partial charge in [-0.1, -0.05) is 336 Å². The van der Waals surface area contributed by atoms with Crippen LogP contribution < -0.4 is 20.4 Å². The van der Waals surface area contributed by atoms with Crippen LogP contribution in [0, 0.1) is 0 Å². The van der Waals surface area contributed by atoms with Crippen LogP contribution in [0.3, 0.4) is 0 Å². The molecule has 0 aromatic rings. The Kier molecular flexibility index (Phi) is 84.9. The molecular weight excluding hydrogens is 1080 g/mol. The van der Waals surface area contributed by atoms with Crippen molar-refractivity contribution in [3.8, 4) is 0 Å². The molecule has 0 atom stereocenters. The molecule has 0 unspecified atom stereocenters. The van der Waals surface area contributed by atoms with Crippen LogP contribution in [0.4, 0.5) is 0 Å². The summed E-state index contributed by atoms with van der Waals surface area (Å²) >= 11 is 0. The van der Waals surface area contributed by atoms with Crippen LogP contribution in [-0.2, 0) is 40.2 Å². The van der Waals surface area contributed by atoms with Crippen molar-refractivity contribution in [1.82, 2.24) is 0 Å². The average Bonchev–Trinajstić information content (AvgIpc) is 3.35. The molecule has 0 radical (unpaired) electrons. The molecule has 0 spiro atoms. The Morgan fingerprint density at radius 3 is 0.342 bits per heavy atom. The van der Waals surface area contributed by atoms with Crippen LogP contribution in [0.2, 0.25) is 0 Å². The molecule has 0 aromatic heterocycles. The van der Waals surface area contributed by atoms with Gasteiger partial charge in [0.05, 0.1) is 0 Å². The Morgan fingerprint density at radius 2 is 0.260 bits per heavy atom. The van der Waals surface area contributed by atoms with Crippen LogP contribution in [0.1, 0.15) is 387 Å². The fourth-order valence-electron chi connectivity index (χ4n) is 9.15. The van der Waals surface area contributed by atoms with Gasteiger partial charge in [0, 0.05) is 23.9 Å². The van der Waals surface area contributed by atoms with E-state index in [9.17, 15) is 39.6 Å². The standard InChI is InChI=1S/4C16H32O2.W/c4*1-2-3-4-5-6-7-8-9-10-11-12-13-14-15-16(17)18;/h4*2-15H2,1H3,(H,17,18);/q;;;;+4/p-4. The van der Waals surface area contributed by atoms with E-state index in [0.29, 0.717) is 0 Å². The second-order valence-electron chi connectivity index (χ2n) is 21.5. The van der Waals surface area contributed by atoms with Crippen molar-refractivity contribution in [2.75, 3.05) is 0 Å². The maximum atomic E-state index is 10.2. The molecular formula is C64H124O8W. The van der Waals surface area contributed by atoms with E-state index in [0.717, 1.165) is 51.4 Å². The van der Waals surface area contributed by atoms with Crippen LogP contribution in [0.25, 0.3) is 0 Å². The van der Waals surface area contributed by atoms with Crippen molar-refractivity contribution in [3.05, 3.63) is 0 Å². The molecule has 0 aliphatic heterocycles. The third-order valence-corrected chi connectivity index (χ3v) is 13.9. The molecule has 0 amide bonds. The van der Waals surface area contributed by atoms with Gasteiger partial charge in [-0.05, 0) is 51.4 Å². The number of aliphatic carboxylic acids is 4. The summed E-state index contributed by atoms with van der Waals surface area (Å²) < 4.78 is 0. The van der Waals surface area contributed by atoms with Crippen molar-refractivity contribution in [2.45, 2.75) is 387 Å². The molecule has 0 heterocycles. The smallest absolute Gasteiger partial charge is 0.550 e. The van der Waals surface area contributed by atoms with Crippen LogP contribution in [0.5, 0.6) is 0 Å². The SMILES string of the molecule is CCCCCCCCCCCCCCCC(=O)[O-].CCCCCCCCCCCCCCCC(=O)[O-].CCCCCCCCCCCCCCCC(=O)[O-].CCCCCCCCCCCCCCCC(=O)[O-].[W+4]. The molecule has 434 valence electrons. The topological polar surface area (TPSA) is 161 Å². The second-order valence-corrected chi connectivity index (χ2v) is 21.5. The van der Waals surface area contributed by atoms with Gasteiger partial charge in [-0.15, -0.1) is 0 Å². The summed E-state index contributed by atoms with van der Waals surface area (Å²) in [6.45, 7) is 9.03. The molecule has 0 fully saturated rings. The quantitative estimate of drug-likeness (QED) is 0.0544. The molecule has 0 aromatic carbocycles. The van der Waals surface area contributed by atoms with Crippen LogP contribution in [0.15, 0.2) is 0 Å². The van der Waals surface area contributed by atoms with E-state index in [4.69, 9.17) is 0 Å². The van der Waals surface area contributed by atoms with E-state index in [1.54, 1.807) is 0 Å². The van der Waals surface area contributed by atoms with Crippen molar-refractivity contribution in [3.63, 3.8) is 0 Å². The first-order valence-corrected chi connectivity index (χ1v) is 31.9. The zero-order valence-electron chi connectivity index (χ0n) is 49.3. The number of carbonyl (C=O) groups is 4. The minimum absolute atomic E-state index is 0. The molecule has 0 rings (SSSR count). The van der Waals surface area contributed by atoms with Crippen molar-refractivity contribution < 1.29 is 60.7 Å². The third kappa shape index (κ3) is 96.7. The minimum atomic E-state index is -0.905. The maximum Gasteiger partial charge on any atom is 4.00 e. The van der Waals surface area contributed by atoms with Crippen LogP contribution in [-0.4, -0.2) is 23.9 Å². The molecule has 0 saturated carbocycles. The summed E-state index contributed by atoms with van der Waals surface area (Å²) in [5.74, 6) is -3.62. The van der Waals surface area contributed by atoms with Gasteiger partial charge in [-0.25, -0.2) is 0 Å². The van der Waals surface area contributed by atoms with Gasteiger partial charge in [0.1, 0.15) is 0 Å². The monoisotopic (exact) mass is 1200 g/mol. The Hall–Kier alpha value is -1.43. The number of carboxylic acid groups (broad SMARTS) is 4. The predicted molar refractivity (Wildman–Crippen MR) is 301 cm³/mol. The Labute approximate surface area is 469 Å². The molecule has 0 aliphatic rings. The van der Waals surface area contributed by atoms with Gasteiger partial charge in [-0.3, -0.25) is 0 Å². The van der Waals surface area contributed by atoms with Crippen molar-refractivity contribution in [2.24, 2.45) is 0 Å². The van der Waals surface area contributed by atoms with Crippen LogP contribution >= 0.6 is 0 Å². The predicted octanol–water partition coefficient (Wildman–Crippen LogP) is 16.9. The van der Waals surface area contributed by atoms with Crippen molar-refractivity contribution >= 4 is 23.9 Å². The second kappa shape index (κ2) is 77.1. The Bertz CT molecular complexity index is 879. The van der Waals surface area contributed by atoms with E-state index in [1.807, 2.05) is 0 Å². The minimum Gasteiger partial charge on any atom is -0.550 e. The Morgan fingerprint density at radius 1 is 0.178 bits per heavy atom. The molecule has 0 saturated heterocycles. The van der Waals surface area contributed by atoms with Gasteiger partial charge in [0.15, 0.2) is 0 Å². The fraction of sp³-hybridized carbons (Fsp3) is 0.938. The van der Waals surface area contributed by atoms with Gasteiger partial charge >= 0.3 is 21.1 Å². The molecule has 0 bridgehead atoms. The van der Waals surface area contributed by atoms with E-state index in [-0.39, 0.29) is 46.7 Å². The first kappa shape index (κ1) is 80.4. The maximum absolute atomic E-state index is 10.2. The third-order valence-electron chi connectivity index (χ3n) is 13.9. The molecule has 8 nitrogen and oxygen atoms in total. The summed E-state index contributed by atoms with van der Waals surface area (Å²) in [5, 5.41) is 40.8. The van der Waals surface area contributed by atoms with Gasteiger partial charge in [0.2, 0.25) is 0 Å². The van der Waals surface area contributed by atoms with Crippen molar-refractivity contribution in [1.29, 1.82) is 0 Å². The fourth-order valence-corrected chi connectivity index (χ4v) is 9.15. The molecule has 0 N–H and O–H groups in total. The Balaban J connectivity index is -0.000000280. The summed E-state index contributed by atoms with van der Waals surface area (Å²) in [4.78, 5) is 40.8. The average molecular weight is 1210 g/mol. The van der Waals surface area contributed by atoms with Gasteiger partial charge < -0.3 is 39.6 Å². The molecule has 0 aliphatic carbocycles.